The van der Waals surface area contributed by atoms with Crippen molar-refractivity contribution in [1.29, 1.82) is 0 Å². The summed E-state index contributed by atoms with van der Waals surface area (Å²) in [7, 11) is 0. The molecule has 0 fully saturated rings. The summed E-state index contributed by atoms with van der Waals surface area (Å²) in [4.78, 5) is 10.7. The Morgan fingerprint density at radius 3 is 2.35 bits per heavy atom. The highest BCUT2D eigenvalue weighted by Crippen LogP contribution is 2.31. The molecule has 0 spiro atoms. The van der Waals surface area contributed by atoms with Gasteiger partial charge in [-0.15, -0.1) is 0 Å². The van der Waals surface area contributed by atoms with Crippen molar-refractivity contribution < 1.29 is 18.7 Å². The molecule has 0 radical (unpaired) electrons. The number of aliphatic carboxylic acids is 1. The van der Waals surface area contributed by atoms with Gasteiger partial charge in [0, 0.05) is 11.5 Å². The van der Waals surface area contributed by atoms with Crippen molar-refractivity contribution in [3.05, 3.63) is 34.9 Å². The molecular formula is C13H16F2O2. The van der Waals surface area contributed by atoms with Gasteiger partial charge in [-0.2, -0.15) is 0 Å². The third-order valence-electron chi connectivity index (χ3n) is 2.84. The van der Waals surface area contributed by atoms with E-state index < -0.39 is 23.0 Å². The average molecular weight is 242 g/mol. The van der Waals surface area contributed by atoms with Gasteiger partial charge in [0.1, 0.15) is 11.6 Å². The van der Waals surface area contributed by atoms with Crippen molar-refractivity contribution in [2.75, 3.05) is 0 Å². The number of hydrogen-bond donors (Lipinski definition) is 1. The van der Waals surface area contributed by atoms with Gasteiger partial charge in [-0.05, 0) is 23.6 Å². The normalized spacial score (nSPS) is 11.6. The Kier molecular flexibility index (Phi) is 3.86. The number of carboxylic acids is 1. The highest BCUT2D eigenvalue weighted by atomic mass is 19.1. The third-order valence-corrected chi connectivity index (χ3v) is 2.84. The predicted molar refractivity (Wildman–Crippen MR) is 61.0 cm³/mol. The van der Waals surface area contributed by atoms with Crippen molar-refractivity contribution in [2.24, 2.45) is 0 Å². The van der Waals surface area contributed by atoms with Crippen molar-refractivity contribution in [2.45, 2.75) is 39.0 Å². The molecule has 2 nitrogen and oxygen atoms in total. The van der Waals surface area contributed by atoms with Crippen LogP contribution in [0.3, 0.4) is 0 Å². The predicted octanol–water partition coefficient (Wildman–Crippen LogP) is 3.28. The zero-order valence-electron chi connectivity index (χ0n) is 10.2. The highest BCUT2D eigenvalue weighted by molar-refractivity contribution is 5.69. The molecule has 0 aliphatic heterocycles. The summed E-state index contributed by atoms with van der Waals surface area (Å²) in [6.07, 6.45) is 0.251. The second-order valence-electron chi connectivity index (χ2n) is 4.73. The Morgan fingerprint density at radius 1 is 1.29 bits per heavy atom. The summed E-state index contributed by atoms with van der Waals surface area (Å²) >= 11 is 0. The monoisotopic (exact) mass is 242 g/mol. The van der Waals surface area contributed by atoms with Gasteiger partial charge in [-0.3, -0.25) is 4.79 Å². The lowest BCUT2D eigenvalue weighted by Gasteiger charge is -2.24. The molecule has 1 aromatic carbocycles. The van der Waals surface area contributed by atoms with Gasteiger partial charge in [0.25, 0.3) is 0 Å². The van der Waals surface area contributed by atoms with Gasteiger partial charge in [0.2, 0.25) is 0 Å². The van der Waals surface area contributed by atoms with Gasteiger partial charge < -0.3 is 5.11 Å². The van der Waals surface area contributed by atoms with Gasteiger partial charge in [0.05, 0.1) is 6.42 Å². The first-order chi connectivity index (χ1) is 7.77. The van der Waals surface area contributed by atoms with Crippen LogP contribution in [-0.4, -0.2) is 11.1 Å². The number of rotatable bonds is 4. The number of benzene rings is 1. The van der Waals surface area contributed by atoms with E-state index in [4.69, 9.17) is 5.11 Å². The van der Waals surface area contributed by atoms with Crippen LogP contribution in [0.2, 0.25) is 0 Å². The van der Waals surface area contributed by atoms with Crippen LogP contribution in [0.25, 0.3) is 0 Å². The summed E-state index contributed by atoms with van der Waals surface area (Å²) in [6, 6.07) is 2.26. The third kappa shape index (κ3) is 3.02. The zero-order chi connectivity index (χ0) is 13.2. The quantitative estimate of drug-likeness (QED) is 0.879. The van der Waals surface area contributed by atoms with E-state index in [2.05, 4.69) is 0 Å². The van der Waals surface area contributed by atoms with Crippen LogP contribution in [0.1, 0.15) is 38.3 Å². The number of halogens is 2. The molecule has 0 saturated carbocycles. The maximum atomic E-state index is 13.7. The van der Waals surface area contributed by atoms with Crippen LogP contribution in [-0.2, 0) is 16.6 Å². The Bertz CT molecular complexity index is 439. The fraction of sp³-hybridized carbons (Fsp3) is 0.462. The second kappa shape index (κ2) is 4.82. The van der Waals surface area contributed by atoms with Crippen molar-refractivity contribution in [3.63, 3.8) is 0 Å². The van der Waals surface area contributed by atoms with Crippen LogP contribution in [0, 0.1) is 11.6 Å². The Hall–Kier alpha value is -1.45. The minimum atomic E-state index is -1.00. The van der Waals surface area contributed by atoms with Crippen LogP contribution >= 0.6 is 0 Å². The molecule has 0 aliphatic rings. The van der Waals surface area contributed by atoms with Crippen molar-refractivity contribution in [1.82, 2.24) is 0 Å². The summed E-state index contributed by atoms with van der Waals surface area (Å²) in [5.41, 5.74) is -0.203. The number of carboxylic acid groups (broad SMARTS) is 1. The molecule has 0 atom stereocenters. The van der Waals surface area contributed by atoms with Gasteiger partial charge >= 0.3 is 5.97 Å². The molecule has 17 heavy (non-hydrogen) atoms. The van der Waals surface area contributed by atoms with Crippen LogP contribution in [0.15, 0.2) is 12.1 Å². The zero-order valence-corrected chi connectivity index (χ0v) is 10.2. The largest absolute Gasteiger partial charge is 0.481 e. The average Bonchev–Trinajstić information content (AvgIpc) is 2.15. The SMILES string of the molecule is CCc1cc(C(C)(C)CC(=O)O)c(F)cc1F. The minimum absolute atomic E-state index is 0.196. The van der Waals surface area contributed by atoms with E-state index >= 15 is 0 Å². The molecular weight excluding hydrogens is 226 g/mol. The lowest BCUT2D eigenvalue weighted by atomic mass is 9.80. The Morgan fingerprint density at radius 2 is 1.88 bits per heavy atom. The number of hydrogen-bond acceptors (Lipinski definition) is 1. The molecule has 0 heterocycles. The minimum Gasteiger partial charge on any atom is -0.481 e. The fourth-order valence-electron chi connectivity index (χ4n) is 1.86. The van der Waals surface area contributed by atoms with E-state index in [1.54, 1.807) is 20.8 Å². The second-order valence-corrected chi connectivity index (χ2v) is 4.73. The molecule has 94 valence electrons. The first-order valence-corrected chi connectivity index (χ1v) is 5.48. The van der Waals surface area contributed by atoms with Gasteiger partial charge in [-0.25, -0.2) is 8.78 Å². The summed E-state index contributed by atoms with van der Waals surface area (Å²) in [5.74, 6) is -2.28. The Labute approximate surface area is 99.3 Å². The smallest absolute Gasteiger partial charge is 0.304 e. The van der Waals surface area contributed by atoms with Crippen molar-refractivity contribution in [3.8, 4) is 0 Å². The lowest BCUT2D eigenvalue weighted by molar-refractivity contribution is -0.138. The summed E-state index contributed by atoms with van der Waals surface area (Å²) < 4.78 is 27.0. The van der Waals surface area contributed by atoms with E-state index in [0.29, 0.717) is 12.0 Å². The highest BCUT2D eigenvalue weighted by Gasteiger charge is 2.28. The molecule has 1 rings (SSSR count). The van der Waals surface area contributed by atoms with Crippen LogP contribution < -0.4 is 0 Å². The number of aryl methyl sites for hydroxylation is 1. The van der Waals surface area contributed by atoms with Crippen molar-refractivity contribution >= 4 is 5.97 Å². The first kappa shape index (κ1) is 13.6. The first-order valence-electron chi connectivity index (χ1n) is 5.48. The van der Waals surface area contributed by atoms with E-state index in [1.165, 1.54) is 6.07 Å². The van der Waals surface area contributed by atoms with Gasteiger partial charge in [-0.1, -0.05) is 20.8 Å². The molecule has 1 aromatic rings. The molecule has 4 heteroatoms. The van der Waals surface area contributed by atoms with Gasteiger partial charge in [0.15, 0.2) is 0 Å². The molecule has 1 N–H and O–H groups in total. The molecule has 0 aromatic heterocycles. The van der Waals surface area contributed by atoms with Crippen LogP contribution in [0.5, 0.6) is 0 Å². The Balaban J connectivity index is 3.25. The molecule has 0 saturated heterocycles. The molecule has 0 aliphatic carbocycles. The topological polar surface area (TPSA) is 37.3 Å². The summed E-state index contributed by atoms with van der Waals surface area (Å²) in [5, 5.41) is 8.79. The lowest BCUT2D eigenvalue weighted by Crippen LogP contribution is -2.23. The fourth-order valence-corrected chi connectivity index (χ4v) is 1.86. The van der Waals surface area contributed by atoms with E-state index in [9.17, 15) is 13.6 Å². The van der Waals surface area contributed by atoms with E-state index in [-0.39, 0.29) is 12.0 Å². The molecule has 0 amide bonds. The van der Waals surface area contributed by atoms with E-state index in [0.717, 1.165) is 6.07 Å². The van der Waals surface area contributed by atoms with Crippen LogP contribution in [0.4, 0.5) is 8.78 Å². The van der Waals surface area contributed by atoms with E-state index in [1.807, 2.05) is 0 Å². The molecule has 0 unspecified atom stereocenters. The molecule has 0 bridgehead atoms. The summed E-state index contributed by atoms with van der Waals surface area (Å²) in [6.45, 7) is 5.04. The standard InChI is InChI=1S/C13H16F2O2/c1-4-8-5-9(11(15)6-10(8)14)13(2,3)7-12(16)17/h5-6H,4,7H2,1-3H3,(H,16,17). The maximum absolute atomic E-state index is 13.7. The maximum Gasteiger partial charge on any atom is 0.304 e. The number of carbonyl (C=O) groups is 1.